The Kier molecular flexibility index (Phi) is 5.22. The lowest BCUT2D eigenvalue weighted by Crippen LogP contribution is -2.35. The molecule has 3 heteroatoms. The van der Waals surface area contributed by atoms with Gasteiger partial charge in [-0.3, -0.25) is 0 Å². The van der Waals surface area contributed by atoms with Crippen LogP contribution in [0.2, 0.25) is 0 Å². The SMILES string of the molecule is CC(C)NCC1CCCOC1c1cccc(Br)c1. The van der Waals surface area contributed by atoms with E-state index in [0.717, 1.165) is 17.6 Å². The summed E-state index contributed by atoms with van der Waals surface area (Å²) in [7, 11) is 0. The van der Waals surface area contributed by atoms with Crippen LogP contribution < -0.4 is 5.32 Å². The van der Waals surface area contributed by atoms with Gasteiger partial charge in [-0.25, -0.2) is 0 Å². The normalized spacial score (nSPS) is 24.4. The lowest BCUT2D eigenvalue weighted by atomic mass is 9.89. The summed E-state index contributed by atoms with van der Waals surface area (Å²) in [5, 5.41) is 3.54. The molecule has 0 amide bonds. The Bertz CT molecular complexity index is 381. The molecule has 1 fully saturated rings. The Balaban J connectivity index is 2.07. The summed E-state index contributed by atoms with van der Waals surface area (Å²) in [6.07, 6.45) is 2.66. The van der Waals surface area contributed by atoms with E-state index in [0.29, 0.717) is 12.0 Å². The fourth-order valence-electron chi connectivity index (χ4n) is 2.49. The minimum atomic E-state index is 0.238. The van der Waals surface area contributed by atoms with Crippen molar-refractivity contribution < 1.29 is 4.74 Å². The van der Waals surface area contributed by atoms with E-state index in [-0.39, 0.29) is 6.10 Å². The van der Waals surface area contributed by atoms with Gasteiger partial charge < -0.3 is 10.1 Å². The van der Waals surface area contributed by atoms with Crippen LogP contribution >= 0.6 is 15.9 Å². The lowest BCUT2D eigenvalue weighted by molar-refractivity contribution is -0.0282. The third kappa shape index (κ3) is 3.81. The minimum absolute atomic E-state index is 0.238. The number of nitrogens with one attached hydrogen (secondary N) is 1. The van der Waals surface area contributed by atoms with Crippen LogP contribution in [0.5, 0.6) is 0 Å². The minimum Gasteiger partial charge on any atom is -0.373 e. The van der Waals surface area contributed by atoms with Gasteiger partial charge in [-0.2, -0.15) is 0 Å². The summed E-state index contributed by atoms with van der Waals surface area (Å²) in [4.78, 5) is 0. The van der Waals surface area contributed by atoms with Gasteiger partial charge in [0, 0.05) is 29.6 Å². The van der Waals surface area contributed by atoms with E-state index in [9.17, 15) is 0 Å². The van der Waals surface area contributed by atoms with Gasteiger partial charge in [0.1, 0.15) is 0 Å². The van der Waals surface area contributed by atoms with E-state index in [4.69, 9.17) is 4.74 Å². The topological polar surface area (TPSA) is 21.3 Å². The molecule has 1 aliphatic heterocycles. The van der Waals surface area contributed by atoms with Crippen molar-refractivity contribution in [1.29, 1.82) is 0 Å². The van der Waals surface area contributed by atoms with Crippen molar-refractivity contribution in [2.45, 2.75) is 38.8 Å². The van der Waals surface area contributed by atoms with Crippen LogP contribution in [0.25, 0.3) is 0 Å². The molecule has 0 radical (unpaired) electrons. The van der Waals surface area contributed by atoms with E-state index in [1.54, 1.807) is 0 Å². The highest BCUT2D eigenvalue weighted by atomic mass is 79.9. The number of rotatable bonds is 4. The zero-order valence-electron chi connectivity index (χ0n) is 11.2. The van der Waals surface area contributed by atoms with Crippen molar-refractivity contribution in [2.75, 3.05) is 13.2 Å². The molecule has 1 aromatic carbocycles. The standard InChI is InChI=1S/C15H22BrNO/c1-11(2)17-10-13-6-4-8-18-15(13)12-5-3-7-14(16)9-12/h3,5,7,9,11,13,15,17H,4,6,8,10H2,1-2H3. The Morgan fingerprint density at radius 2 is 2.28 bits per heavy atom. The van der Waals surface area contributed by atoms with Gasteiger partial charge in [-0.1, -0.05) is 41.9 Å². The van der Waals surface area contributed by atoms with E-state index < -0.39 is 0 Å². The fraction of sp³-hybridized carbons (Fsp3) is 0.600. The van der Waals surface area contributed by atoms with Crippen molar-refractivity contribution >= 4 is 15.9 Å². The van der Waals surface area contributed by atoms with Crippen molar-refractivity contribution in [3.8, 4) is 0 Å². The summed E-state index contributed by atoms with van der Waals surface area (Å²) < 4.78 is 7.13. The lowest BCUT2D eigenvalue weighted by Gasteiger charge is -2.33. The van der Waals surface area contributed by atoms with Gasteiger partial charge in [0.2, 0.25) is 0 Å². The van der Waals surface area contributed by atoms with Crippen LogP contribution in [0.3, 0.4) is 0 Å². The third-order valence-corrected chi connectivity index (χ3v) is 3.90. The Hall–Kier alpha value is -0.380. The first-order valence-electron chi connectivity index (χ1n) is 6.77. The second-order valence-electron chi connectivity index (χ2n) is 5.31. The number of hydrogen-bond acceptors (Lipinski definition) is 2. The van der Waals surface area contributed by atoms with Crippen LogP contribution in [0, 0.1) is 5.92 Å². The molecular formula is C15H22BrNO. The molecule has 1 N–H and O–H groups in total. The third-order valence-electron chi connectivity index (χ3n) is 3.41. The number of benzene rings is 1. The molecule has 0 spiro atoms. The molecule has 0 saturated carbocycles. The van der Waals surface area contributed by atoms with Crippen LogP contribution in [-0.4, -0.2) is 19.2 Å². The molecule has 1 heterocycles. The molecular weight excluding hydrogens is 290 g/mol. The quantitative estimate of drug-likeness (QED) is 0.910. The van der Waals surface area contributed by atoms with Gasteiger partial charge in [0.05, 0.1) is 6.10 Å². The zero-order chi connectivity index (χ0) is 13.0. The highest BCUT2D eigenvalue weighted by Gasteiger charge is 2.27. The van der Waals surface area contributed by atoms with Crippen molar-refractivity contribution in [2.24, 2.45) is 5.92 Å². The average molecular weight is 312 g/mol. The first-order chi connectivity index (χ1) is 8.66. The predicted molar refractivity (Wildman–Crippen MR) is 78.7 cm³/mol. The average Bonchev–Trinajstić information content (AvgIpc) is 2.36. The summed E-state index contributed by atoms with van der Waals surface area (Å²) in [6.45, 7) is 6.31. The highest BCUT2D eigenvalue weighted by molar-refractivity contribution is 9.10. The highest BCUT2D eigenvalue weighted by Crippen LogP contribution is 2.34. The fourth-order valence-corrected chi connectivity index (χ4v) is 2.91. The molecule has 2 unspecified atom stereocenters. The van der Waals surface area contributed by atoms with Crippen molar-refractivity contribution in [3.05, 3.63) is 34.3 Å². The second-order valence-corrected chi connectivity index (χ2v) is 6.23. The number of hydrogen-bond donors (Lipinski definition) is 1. The van der Waals surface area contributed by atoms with E-state index in [1.165, 1.54) is 18.4 Å². The maximum atomic E-state index is 6.00. The Morgan fingerprint density at radius 3 is 3.00 bits per heavy atom. The molecule has 2 rings (SSSR count). The van der Waals surface area contributed by atoms with Crippen LogP contribution in [0.1, 0.15) is 38.4 Å². The van der Waals surface area contributed by atoms with Crippen LogP contribution in [0.15, 0.2) is 28.7 Å². The molecule has 100 valence electrons. The number of ether oxygens (including phenoxy) is 1. The van der Waals surface area contributed by atoms with Crippen LogP contribution in [-0.2, 0) is 4.74 Å². The molecule has 18 heavy (non-hydrogen) atoms. The van der Waals surface area contributed by atoms with Crippen molar-refractivity contribution in [1.82, 2.24) is 5.32 Å². The molecule has 1 aromatic rings. The van der Waals surface area contributed by atoms with Gasteiger partial charge in [0.15, 0.2) is 0 Å². The molecule has 0 aliphatic carbocycles. The maximum Gasteiger partial charge on any atom is 0.0865 e. The Morgan fingerprint density at radius 1 is 1.44 bits per heavy atom. The van der Waals surface area contributed by atoms with Gasteiger partial charge in [0.25, 0.3) is 0 Å². The van der Waals surface area contributed by atoms with E-state index in [1.807, 2.05) is 0 Å². The Labute approximate surface area is 118 Å². The van der Waals surface area contributed by atoms with Gasteiger partial charge >= 0.3 is 0 Å². The smallest absolute Gasteiger partial charge is 0.0865 e. The zero-order valence-corrected chi connectivity index (χ0v) is 12.7. The predicted octanol–water partition coefficient (Wildman–Crippen LogP) is 3.91. The summed E-state index contributed by atoms with van der Waals surface area (Å²) in [6, 6.07) is 9.04. The molecule has 2 nitrogen and oxygen atoms in total. The summed E-state index contributed by atoms with van der Waals surface area (Å²) in [5.41, 5.74) is 1.29. The monoisotopic (exact) mass is 311 g/mol. The first kappa shape index (κ1) is 14.0. The van der Waals surface area contributed by atoms with E-state index >= 15 is 0 Å². The van der Waals surface area contributed by atoms with Gasteiger partial charge in [-0.05, 0) is 30.5 Å². The molecule has 1 saturated heterocycles. The van der Waals surface area contributed by atoms with Gasteiger partial charge in [-0.15, -0.1) is 0 Å². The first-order valence-corrected chi connectivity index (χ1v) is 7.56. The van der Waals surface area contributed by atoms with Crippen LogP contribution in [0.4, 0.5) is 0 Å². The molecule has 0 bridgehead atoms. The molecule has 1 aliphatic rings. The molecule has 2 atom stereocenters. The maximum absolute atomic E-state index is 6.00. The van der Waals surface area contributed by atoms with Crippen molar-refractivity contribution in [3.63, 3.8) is 0 Å². The number of halogens is 1. The largest absolute Gasteiger partial charge is 0.373 e. The molecule has 0 aromatic heterocycles. The second kappa shape index (κ2) is 6.69. The summed E-state index contributed by atoms with van der Waals surface area (Å²) in [5.74, 6) is 0.579. The van der Waals surface area contributed by atoms with E-state index in [2.05, 4.69) is 59.4 Å². The summed E-state index contributed by atoms with van der Waals surface area (Å²) >= 11 is 3.54.